The lowest BCUT2D eigenvalue weighted by atomic mass is 10.1. The molecule has 0 aliphatic rings. The summed E-state index contributed by atoms with van der Waals surface area (Å²) in [6.07, 6.45) is 0. The van der Waals surface area contributed by atoms with E-state index < -0.39 is 11.1 Å². The fourth-order valence-corrected chi connectivity index (χ4v) is 2.85. The van der Waals surface area contributed by atoms with Gasteiger partial charge in [0.25, 0.3) is 0 Å². The molecule has 0 amide bonds. The van der Waals surface area contributed by atoms with Crippen molar-refractivity contribution in [3.05, 3.63) is 72.8 Å². The second kappa shape index (κ2) is 6.64. The number of hydrogen-bond donors (Lipinski definition) is 1. The predicted octanol–water partition coefficient (Wildman–Crippen LogP) is 3.97. The molecule has 0 aromatic heterocycles. The van der Waals surface area contributed by atoms with Crippen LogP contribution in [0.4, 0.5) is 5.69 Å². The molecule has 1 unspecified atom stereocenters. The van der Waals surface area contributed by atoms with Gasteiger partial charge in [-0.25, -0.2) is 0 Å². The molecule has 3 aromatic carbocycles. The van der Waals surface area contributed by atoms with Gasteiger partial charge < -0.3 is 15.0 Å². The van der Waals surface area contributed by atoms with Gasteiger partial charge in [0, 0.05) is 16.6 Å². The standard InChI is InChI=1S/C18H15NO3S/c19-14-6-4-8-16(12-14)22-15-7-3-5-13(11-15)17-9-1-2-10-18(17)23(20)21/h1-12H,19H2,(H,20,21)/p-1. The lowest BCUT2D eigenvalue weighted by Gasteiger charge is -2.13. The lowest BCUT2D eigenvalue weighted by Crippen LogP contribution is -1.93. The fourth-order valence-electron chi connectivity index (χ4n) is 2.29. The third kappa shape index (κ3) is 3.59. The highest BCUT2D eigenvalue weighted by Gasteiger charge is 2.07. The first-order chi connectivity index (χ1) is 11.1. The topological polar surface area (TPSA) is 75.4 Å². The van der Waals surface area contributed by atoms with Crippen LogP contribution in [-0.2, 0) is 11.1 Å². The largest absolute Gasteiger partial charge is 0.768 e. The van der Waals surface area contributed by atoms with Gasteiger partial charge in [-0.15, -0.1) is 0 Å². The molecule has 5 heteroatoms. The Kier molecular flexibility index (Phi) is 4.41. The minimum atomic E-state index is -2.30. The second-order valence-electron chi connectivity index (χ2n) is 4.93. The first kappa shape index (κ1) is 15.3. The summed E-state index contributed by atoms with van der Waals surface area (Å²) in [7, 11) is 0. The van der Waals surface area contributed by atoms with Crippen LogP contribution < -0.4 is 10.5 Å². The van der Waals surface area contributed by atoms with Gasteiger partial charge in [0.15, 0.2) is 0 Å². The third-order valence-corrected chi connectivity index (χ3v) is 4.02. The Bertz CT molecular complexity index is 864. The minimum Gasteiger partial charge on any atom is -0.768 e. The fraction of sp³-hybridized carbons (Fsp3) is 0. The average Bonchev–Trinajstić information content (AvgIpc) is 2.55. The Labute approximate surface area is 136 Å². The molecule has 4 nitrogen and oxygen atoms in total. The van der Waals surface area contributed by atoms with Gasteiger partial charge in [-0.1, -0.05) is 36.4 Å². The van der Waals surface area contributed by atoms with Crippen LogP contribution in [0.3, 0.4) is 0 Å². The van der Waals surface area contributed by atoms with E-state index in [0.717, 1.165) is 5.56 Å². The Morgan fingerprint density at radius 3 is 2.30 bits per heavy atom. The molecule has 0 bridgehead atoms. The molecule has 2 N–H and O–H groups in total. The number of rotatable bonds is 4. The summed E-state index contributed by atoms with van der Waals surface area (Å²) in [5, 5.41) is 0. The highest BCUT2D eigenvalue weighted by atomic mass is 32.2. The molecule has 0 aliphatic carbocycles. The molecule has 0 fully saturated rings. The van der Waals surface area contributed by atoms with Gasteiger partial charge in [0.1, 0.15) is 11.5 Å². The van der Waals surface area contributed by atoms with Gasteiger partial charge in [-0.3, -0.25) is 4.21 Å². The summed E-state index contributed by atoms with van der Waals surface area (Å²) in [5.41, 5.74) is 7.76. The molecule has 116 valence electrons. The van der Waals surface area contributed by atoms with E-state index in [0.29, 0.717) is 22.7 Å². The van der Waals surface area contributed by atoms with Crippen LogP contribution in [0.1, 0.15) is 0 Å². The Morgan fingerprint density at radius 2 is 1.57 bits per heavy atom. The molecule has 0 saturated heterocycles. The third-order valence-electron chi connectivity index (χ3n) is 3.31. The molecule has 0 aliphatic heterocycles. The number of anilines is 1. The molecule has 3 aromatic rings. The zero-order chi connectivity index (χ0) is 16.2. The van der Waals surface area contributed by atoms with E-state index in [1.165, 1.54) is 0 Å². The zero-order valence-electron chi connectivity index (χ0n) is 12.1. The quantitative estimate of drug-likeness (QED) is 0.582. The molecule has 0 radical (unpaired) electrons. The second-order valence-corrected chi connectivity index (χ2v) is 5.84. The van der Waals surface area contributed by atoms with Gasteiger partial charge in [-0.2, -0.15) is 0 Å². The van der Waals surface area contributed by atoms with Crippen LogP contribution in [0.5, 0.6) is 11.5 Å². The maximum atomic E-state index is 11.4. The smallest absolute Gasteiger partial charge is 0.129 e. The summed E-state index contributed by atoms with van der Waals surface area (Å²) in [6, 6.07) is 21.2. The highest BCUT2D eigenvalue weighted by molar-refractivity contribution is 7.79. The van der Waals surface area contributed by atoms with Crippen molar-refractivity contribution in [1.29, 1.82) is 0 Å². The predicted molar refractivity (Wildman–Crippen MR) is 90.0 cm³/mol. The van der Waals surface area contributed by atoms with Crippen LogP contribution in [-0.4, -0.2) is 8.76 Å². The van der Waals surface area contributed by atoms with Crippen LogP contribution in [0.25, 0.3) is 11.1 Å². The van der Waals surface area contributed by atoms with E-state index in [1.54, 1.807) is 42.5 Å². The Hall–Kier alpha value is -2.63. The van der Waals surface area contributed by atoms with Crippen molar-refractivity contribution in [3.63, 3.8) is 0 Å². The van der Waals surface area contributed by atoms with Crippen molar-refractivity contribution in [2.45, 2.75) is 4.90 Å². The molecule has 23 heavy (non-hydrogen) atoms. The number of ether oxygens (including phenoxy) is 1. The molecular formula is C18H14NO3S-. The van der Waals surface area contributed by atoms with E-state index in [9.17, 15) is 8.76 Å². The molecule has 0 heterocycles. The highest BCUT2D eigenvalue weighted by Crippen LogP contribution is 2.30. The maximum absolute atomic E-state index is 11.4. The van der Waals surface area contributed by atoms with Gasteiger partial charge in [0.05, 0.1) is 0 Å². The van der Waals surface area contributed by atoms with Crippen molar-refractivity contribution in [2.24, 2.45) is 0 Å². The number of nitrogen functional groups attached to an aromatic ring is 1. The van der Waals surface area contributed by atoms with Crippen LogP contribution in [0.15, 0.2) is 77.7 Å². The van der Waals surface area contributed by atoms with Crippen molar-refractivity contribution < 1.29 is 13.5 Å². The van der Waals surface area contributed by atoms with E-state index in [1.807, 2.05) is 30.3 Å². The molecule has 0 spiro atoms. The molecule has 1 atom stereocenters. The summed E-state index contributed by atoms with van der Waals surface area (Å²) in [5.74, 6) is 1.24. The van der Waals surface area contributed by atoms with Gasteiger partial charge in [-0.05, 0) is 52.5 Å². The average molecular weight is 324 g/mol. The number of nitrogens with two attached hydrogens (primary N) is 1. The zero-order valence-corrected chi connectivity index (χ0v) is 13.0. The lowest BCUT2D eigenvalue weighted by molar-refractivity contribution is 0.483. The summed E-state index contributed by atoms with van der Waals surface area (Å²) < 4.78 is 28.5. The van der Waals surface area contributed by atoms with Crippen molar-refractivity contribution in [1.82, 2.24) is 0 Å². The van der Waals surface area contributed by atoms with E-state index >= 15 is 0 Å². The van der Waals surface area contributed by atoms with Crippen LogP contribution >= 0.6 is 0 Å². The summed E-state index contributed by atoms with van der Waals surface area (Å²) >= 11 is -2.30. The minimum absolute atomic E-state index is 0.258. The van der Waals surface area contributed by atoms with Crippen molar-refractivity contribution >= 4 is 16.8 Å². The maximum Gasteiger partial charge on any atom is 0.129 e. The molecule has 3 rings (SSSR count). The first-order valence-corrected chi connectivity index (χ1v) is 8.03. The normalized spacial score (nSPS) is 11.9. The number of hydrogen-bond acceptors (Lipinski definition) is 4. The van der Waals surface area contributed by atoms with Gasteiger partial charge in [0.2, 0.25) is 0 Å². The Balaban J connectivity index is 1.96. The van der Waals surface area contributed by atoms with E-state index in [4.69, 9.17) is 10.5 Å². The van der Waals surface area contributed by atoms with E-state index in [2.05, 4.69) is 0 Å². The van der Waals surface area contributed by atoms with E-state index in [-0.39, 0.29) is 4.90 Å². The monoisotopic (exact) mass is 324 g/mol. The first-order valence-electron chi connectivity index (χ1n) is 6.95. The SMILES string of the molecule is Nc1cccc(Oc2cccc(-c3ccccc3S(=O)[O-])c2)c1. The Morgan fingerprint density at radius 1 is 0.870 bits per heavy atom. The van der Waals surface area contributed by atoms with Crippen molar-refractivity contribution in [3.8, 4) is 22.6 Å². The number of benzene rings is 3. The van der Waals surface area contributed by atoms with Gasteiger partial charge >= 0.3 is 0 Å². The van der Waals surface area contributed by atoms with Crippen molar-refractivity contribution in [2.75, 3.05) is 5.73 Å². The van der Waals surface area contributed by atoms with Crippen LogP contribution in [0.2, 0.25) is 0 Å². The molecule has 0 saturated carbocycles. The summed E-state index contributed by atoms with van der Waals surface area (Å²) in [6.45, 7) is 0. The summed E-state index contributed by atoms with van der Waals surface area (Å²) in [4.78, 5) is 0.258. The van der Waals surface area contributed by atoms with Crippen LogP contribution in [0, 0.1) is 0 Å². The molecular weight excluding hydrogens is 310 g/mol.